The highest BCUT2D eigenvalue weighted by Crippen LogP contribution is 2.53. The first-order valence-electron chi connectivity index (χ1n) is 15.3. The van der Waals surface area contributed by atoms with Gasteiger partial charge in [-0.3, -0.25) is 14.2 Å². The van der Waals surface area contributed by atoms with Crippen LogP contribution in [-0.4, -0.2) is 39.8 Å². The fourth-order valence-electron chi connectivity index (χ4n) is 8.03. The van der Waals surface area contributed by atoms with Crippen molar-refractivity contribution in [2.24, 2.45) is 28.9 Å². The lowest BCUT2D eigenvalue weighted by molar-refractivity contribution is -0.146. The number of carboxylic acids is 1. The third-order valence-corrected chi connectivity index (χ3v) is 11.0. The number of thiophene rings is 1. The summed E-state index contributed by atoms with van der Waals surface area (Å²) in [5, 5.41) is 10.1. The standard InChI is InChI=1S/C33H43N3O7S/c1-18-11-21-12-19(2)14-33(13-18,15-21)17-43-24(22-9-7-8-10-23(22)42-6)16-35-29-25(20(3)26(44-29)27(34)37)28(38)36(31(35)41)32(4,5)30(39)40/h7-10,18-19,21,24H,11-17H2,1-6H3,(H2,34,37)(H,39,40). The molecule has 10 nitrogen and oxygen atoms in total. The summed E-state index contributed by atoms with van der Waals surface area (Å²) in [5.74, 6) is 0.386. The van der Waals surface area contributed by atoms with E-state index in [-0.39, 0.29) is 27.1 Å². The number of aromatic nitrogens is 2. The van der Waals surface area contributed by atoms with E-state index >= 15 is 0 Å². The Balaban J connectivity index is 1.68. The van der Waals surface area contributed by atoms with E-state index in [4.69, 9.17) is 15.2 Å². The predicted octanol–water partition coefficient (Wildman–Crippen LogP) is 5.07. The number of hydrogen-bond acceptors (Lipinski definition) is 7. The first kappa shape index (κ1) is 32.0. The summed E-state index contributed by atoms with van der Waals surface area (Å²) in [6.45, 7) is 9.29. The van der Waals surface area contributed by atoms with Gasteiger partial charge in [0.15, 0.2) is 0 Å². The number of nitrogens with two attached hydrogens (primary N) is 1. The number of benzene rings is 1. The van der Waals surface area contributed by atoms with Gasteiger partial charge in [-0.1, -0.05) is 32.0 Å². The second-order valence-electron chi connectivity index (χ2n) is 13.7. The minimum atomic E-state index is -1.86. The maximum Gasteiger partial charge on any atom is 0.333 e. The number of carbonyl (C=O) groups is 2. The number of amides is 1. The second-order valence-corrected chi connectivity index (χ2v) is 14.7. The number of aliphatic carboxylic acids is 1. The molecule has 1 aromatic carbocycles. The van der Waals surface area contributed by atoms with Gasteiger partial charge < -0.3 is 20.3 Å². The average molecular weight is 626 g/mol. The summed E-state index contributed by atoms with van der Waals surface area (Å²) in [4.78, 5) is 53.0. The Labute approximate surface area is 260 Å². The Bertz CT molecular complexity index is 1700. The van der Waals surface area contributed by atoms with Crippen LogP contribution in [0.15, 0.2) is 33.9 Å². The number of rotatable bonds is 10. The molecule has 238 valence electrons. The van der Waals surface area contributed by atoms with Crippen molar-refractivity contribution in [3.05, 3.63) is 61.1 Å². The van der Waals surface area contributed by atoms with Crippen LogP contribution < -0.4 is 21.7 Å². The largest absolute Gasteiger partial charge is 0.496 e. The molecule has 0 spiro atoms. The van der Waals surface area contributed by atoms with Gasteiger partial charge in [0.25, 0.3) is 11.5 Å². The number of hydrogen-bond donors (Lipinski definition) is 2. The molecule has 0 saturated heterocycles. The zero-order valence-corrected chi connectivity index (χ0v) is 27.2. The van der Waals surface area contributed by atoms with E-state index in [1.54, 1.807) is 14.0 Å². The van der Waals surface area contributed by atoms with E-state index in [9.17, 15) is 24.3 Å². The average Bonchev–Trinajstić information content (AvgIpc) is 3.29. The Kier molecular flexibility index (Phi) is 8.58. The quantitative estimate of drug-likeness (QED) is 0.320. The van der Waals surface area contributed by atoms with Gasteiger partial charge in [-0.2, -0.15) is 0 Å². The van der Waals surface area contributed by atoms with Gasteiger partial charge in [0.1, 0.15) is 22.2 Å². The maximum absolute atomic E-state index is 14.2. The van der Waals surface area contributed by atoms with E-state index in [1.807, 2.05) is 24.3 Å². The van der Waals surface area contributed by atoms with Gasteiger partial charge in [0, 0.05) is 5.56 Å². The number of fused-ring (bicyclic) bond motifs is 3. The Morgan fingerprint density at radius 3 is 2.36 bits per heavy atom. The van der Waals surface area contributed by atoms with Crippen LogP contribution in [0.5, 0.6) is 5.75 Å². The van der Waals surface area contributed by atoms with Crippen molar-refractivity contribution in [3.63, 3.8) is 0 Å². The van der Waals surface area contributed by atoms with Crippen LogP contribution in [0.3, 0.4) is 0 Å². The highest BCUT2D eigenvalue weighted by atomic mass is 32.1. The molecule has 5 rings (SSSR count). The number of carboxylic acid groups (broad SMARTS) is 1. The molecule has 2 saturated carbocycles. The number of para-hydroxylation sites is 1. The summed E-state index contributed by atoms with van der Waals surface area (Å²) in [7, 11) is 1.58. The minimum Gasteiger partial charge on any atom is -0.496 e. The SMILES string of the molecule is COc1ccccc1C(Cn1c(=O)n(C(C)(C)C(=O)O)c(=O)c2c(C)c(C(N)=O)sc21)OCC12CC(C)CC(CC(C)C1)C2. The van der Waals surface area contributed by atoms with Crippen LogP contribution >= 0.6 is 11.3 Å². The zero-order chi connectivity index (χ0) is 32.1. The first-order valence-corrected chi connectivity index (χ1v) is 16.1. The summed E-state index contributed by atoms with van der Waals surface area (Å²) < 4.78 is 14.7. The lowest BCUT2D eigenvalue weighted by Gasteiger charge is -2.50. The third-order valence-electron chi connectivity index (χ3n) is 9.70. The molecule has 0 radical (unpaired) electrons. The number of ether oxygens (including phenoxy) is 2. The van der Waals surface area contributed by atoms with Gasteiger partial charge >= 0.3 is 11.7 Å². The normalized spacial score (nSPS) is 24.3. The lowest BCUT2D eigenvalue weighted by Crippen LogP contribution is -2.52. The summed E-state index contributed by atoms with van der Waals surface area (Å²) >= 11 is 0.963. The molecule has 3 N–H and O–H groups in total. The van der Waals surface area contributed by atoms with E-state index in [0.717, 1.165) is 40.7 Å². The highest BCUT2D eigenvalue weighted by Gasteiger charge is 2.45. The summed E-state index contributed by atoms with van der Waals surface area (Å²) in [6.07, 6.45) is 5.04. The molecule has 44 heavy (non-hydrogen) atoms. The molecule has 3 unspecified atom stereocenters. The molecule has 3 aromatic rings. The van der Waals surface area contributed by atoms with Crippen molar-refractivity contribution < 1.29 is 24.2 Å². The molecule has 2 bridgehead atoms. The monoisotopic (exact) mass is 625 g/mol. The van der Waals surface area contributed by atoms with E-state index in [1.165, 1.54) is 31.3 Å². The minimum absolute atomic E-state index is 0.0172. The van der Waals surface area contributed by atoms with Gasteiger partial charge in [-0.05, 0) is 87.7 Å². The van der Waals surface area contributed by atoms with Gasteiger partial charge in [-0.25, -0.2) is 14.2 Å². The van der Waals surface area contributed by atoms with Crippen molar-refractivity contribution in [3.8, 4) is 5.75 Å². The predicted molar refractivity (Wildman–Crippen MR) is 170 cm³/mol. The molecule has 11 heteroatoms. The van der Waals surface area contributed by atoms with E-state index in [0.29, 0.717) is 35.7 Å². The smallest absolute Gasteiger partial charge is 0.333 e. The van der Waals surface area contributed by atoms with Crippen molar-refractivity contribution in [2.75, 3.05) is 13.7 Å². The number of primary amides is 1. The summed E-state index contributed by atoms with van der Waals surface area (Å²) in [6, 6.07) is 7.46. The van der Waals surface area contributed by atoms with E-state index < -0.39 is 34.8 Å². The van der Waals surface area contributed by atoms with Crippen molar-refractivity contribution in [1.29, 1.82) is 0 Å². The number of carbonyl (C=O) groups excluding carboxylic acids is 1. The summed E-state index contributed by atoms with van der Waals surface area (Å²) in [5.41, 5.74) is 3.28. The van der Waals surface area contributed by atoms with Crippen LogP contribution in [0, 0.1) is 30.1 Å². The van der Waals surface area contributed by atoms with Gasteiger partial charge in [0.2, 0.25) is 0 Å². The van der Waals surface area contributed by atoms with Gasteiger partial charge in [-0.15, -0.1) is 11.3 Å². The topological polar surface area (TPSA) is 143 Å². The number of methoxy groups -OCH3 is 1. The third kappa shape index (κ3) is 5.60. The van der Waals surface area contributed by atoms with Crippen LogP contribution in [0.1, 0.15) is 86.7 Å². The molecule has 2 aliphatic rings. The maximum atomic E-state index is 14.2. The molecule has 3 atom stereocenters. The molecule has 0 aliphatic heterocycles. The Morgan fingerprint density at radius 2 is 1.77 bits per heavy atom. The van der Waals surface area contributed by atoms with Gasteiger partial charge in [0.05, 0.1) is 30.5 Å². The molecule has 2 aliphatic carbocycles. The molecular weight excluding hydrogens is 582 g/mol. The molecule has 2 aromatic heterocycles. The van der Waals surface area contributed by atoms with Crippen LogP contribution in [0.2, 0.25) is 0 Å². The number of nitrogens with zero attached hydrogens (tertiary/aromatic N) is 2. The van der Waals surface area contributed by atoms with Crippen LogP contribution in [-0.2, 0) is 21.6 Å². The molecule has 2 heterocycles. The van der Waals surface area contributed by atoms with E-state index in [2.05, 4.69) is 13.8 Å². The Hall–Kier alpha value is -3.44. The second kappa shape index (κ2) is 11.8. The fraction of sp³-hybridized carbons (Fsp3) is 0.576. The van der Waals surface area contributed by atoms with Crippen molar-refractivity contribution in [1.82, 2.24) is 9.13 Å². The highest BCUT2D eigenvalue weighted by molar-refractivity contribution is 7.20. The van der Waals surface area contributed by atoms with Crippen LogP contribution in [0.25, 0.3) is 10.2 Å². The van der Waals surface area contributed by atoms with Crippen molar-refractivity contribution >= 4 is 33.4 Å². The molecule has 1 amide bonds. The fourth-order valence-corrected chi connectivity index (χ4v) is 9.19. The Morgan fingerprint density at radius 1 is 1.14 bits per heavy atom. The first-order chi connectivity index (χ1) is 20.7. The zero-order valence-electron chi connectivity index (χ0n) is 26.3. The lowest BCUT2D eigenvalue weighted by atomic mass is 9.57. The molecule has 2 fully saturated rings. The number of aryl methyl sites for hydroxylation is 1. The molecular formula is C33H43N3O7S. The van der Waals surface area contributed by atoms with Crippen molar-refractivity contribution in [2.45, 2.75) is 84.9 Å². The van der Waals surface area contributed by atoms with Crippen LogP contribution in [0.4, 0.5) is 0 Å².